The maximum absolute atomic E-state index is 11.8. The van der Waals surface area contributed by atoms with Crippen molar-refractivity contribution in [3.05, 3.63) is 12.0 Å². The molecule has 0 spiro atoms. The van der Waals surface area contributed by atoms with Gasteiger partial charge in [0.05, 0.1) is 13.0 Å². The van der Waals surface area contributed by atoms with Crippen LogP contribution >= 0.6 is 0 Å². The summed E-state index contributed by atoms with van der Waals surface area (Å²) in [6.07, 6.45) is -4.86. The molecule has 0 aliphatic rings. The van der Waals surface area contributed by atoms with E-state index in [1.807, 2.05) is 0 Å². The van der Waals surface area contributed by atoms with Gasteiger partial charge in [-0.2, -0.15) is 18.2 Å². The maximum atomic E-state index is 11.8. The normalized spacial score (nSPS) is 11.3. The number of halogens is 3. The van der Waals surface area contributed by atoms with E-state index in [1.165, 1.54) is 0 Å². The van der Waals surface area contributed by atoms with Gasteiger partial charge in [0, 0.05) is 0 Å². The summed E-state index contributed by atoms with van der Waals surface area (Å²) in [5.41, 5.74) is -0.145. The number of carbonyl (C=O) groups excluding carboxylic acids is 1. The minimum atomic E-state index is -4.31. The Hall–Kier alpha value is -1.73. The zero-order valence-corrected chi connectivity index (χ0v) is 8.91. The van der Waals surface area contributed by atoms with Gasteiger partial charge in [-0.25, -0.2) is 4.79 Å². The number of aromatic nitrogens is 1. The van der Waals surface area contributed by atoms with Crippen LogP contribution in [0.4, 0.5) is 13.2 Å². The van der Waals surface area contributed by atoms with Crippen molar-refractivity contribution < 1.29 is 31.9 Å². The van der Waals surface area contributed by atoms with Crippen LogP contribution in [0.5, 0.6) is 6.08 Å². The Kier molecular flexibility index (Phi) is 4.36. The van der Waals surface area contributed by atoms with Gasteiger partial charge < -0.3 is 13.9 Å². The van der Waals surface area contributed by atoms with Crippen LogP contribution in [-0.2, 0) is 4.74 Å². The second kappa shape index (κ2) is 5.55. The zero-order valence-electron chi connectivity index (χ0n) is 8.91. The Balaban J connectivity index is 2.43. The highest BCUT2D eigenvalue weighted by atomic mass is 19.4. The first kappa shape index (κ1) is 13.3. The zero-order chi connectivity index (χ0) is 12.9. The third-order valence-corrected chi connectivity index (χ3v) is 1.58. The minimum Gasteiger partial charge on any atom is -0.461 e. The molecule has 0 N–H and O–H groups in total. The Labute approximate surface area is 94.5 Å². The maximum Gasteiger partial charge on any atom is 0.394 e. The molecule has 0 bridgehead atoms. The summed E-state index contributed by atoms with van der Waals surface area (Å²) >= 11 is 0. The molecular formula is C9H10F3NO4. The first-order valence-corrected chi connectivity index (χ1v) is 4.74. The Morgan fingerprint density at radius 3 is 2.82 bits per heavy atom. The standard InChI is InChI=1S/C9H10F3NO4/c1-2-15-7(14)6-5-17-8(13-6)16-4-3-9(10,11)12/h5H,2-4H2,1H3. The molecule has 0 aromatic carbocycles. The van der Waals surface area contributed by atoms with Gasteiger partial charge in [0.25, 0.3) is 0 Å². The number of hydrogen-bond acceptors (Lipinski definition) is 5. The molecular weight excluding hydrogens is 243 g/mol. The summed E-state index contributed by atoms with van der Waals surface area (Å²) in [7, 11) is 0. The molecule has 0 atom stereocenters. The van der Waals surface area contributed by atoms with Crippen molar-refractivity contribution in [1.82, 2.24) is 4.98 Å². The number of rotatable bonds is 5. The fraction of sp³-hybridized carbons (Fsp3) is 0.556. The molecule has 5 nitrogen and oxygen atoms in total. The highest BCUT2D eigenvalue weighted by Gasteiger charge is 2.27. The molecule has 0 saturated heterocycles. The van der Waals surface area contributed by atoms with Gasteiger partial charge in [-0.05, 0) is 6.92 Å². The third kappa shape index (κ3) is 4.75. The lowest BCUT2D eigenvalue weighted by atomic mass is 10.4. The Morgan fingerprint density at radius 2 is 2.24 bits per heavy atom. The summed E-state index contributed by atoms with van der Waals surface area (Å²) < 4.78 is 49.2. The van der Waals surface area contributed by atoms with Crippen molar-refractivity contribution >= 4 is 5.97 Å². The molecule has 96 valence electrons. The second-order valence-electron chi connectivity index (χ2n) is 2.93. The van der Waals surface area contributed by atoms with E-state index in [0.717, 1.165) is 6.26 Å². The number of ether oxygens (including phenoxy) is 2. The number of esters is 1. The van der Waals surface area contributed by atoms with Crippen molar-refractivity contribution in [1.29, 1.82) is 0 Å². The second-order valence-corrected chi connectivity index (χ2v) is 2.93. The molecule has 0 radical (unpaired) electrons. The highest BCUT2D eigenvalue weighted by Crippen LogP contribution is 2.20. The first-order valence-electron chi connectivity index (χ1n) is 4.74. The quantitative estimate of drug-likeness (QED) is 0.752. The van der Waals surface area contributed by atoms with Gasteiger partial charge in [-0.15, -0.1) is 0 Å². The van der Waals surface area contributed by atoms with Crippen molar-refractivity contribution in [2.45, 2.75) is 19.5 Å². The van der Waals surface area contributed by atoms with Crippen molar-refractivity contribution in [3.63, 3.8) is 0 Å². The van der Waals surface area contributed by atoms with Gasteiger partial charge in [-0.3, -0.25) is 0 Å². The molecule has 1 heterocycles. The lowest BCUT2D eigenvalue weighted by Crippen LogP contribution is -2.13. The molecule has 8 heteroatoms. The fourth-order valence-electron chi connectivity index (χ4n) is 0.876. The van der Waals surface area contributed by atoms with Crippen molar-refractivity contribution in [3.8, 4) is 6.08 Å². The summed E-state index contributed by atoms with van der Waals surface area (Å²) in [5, 5.41) is 0. The van der Waals surface area contributed by atoms with Crippen LogP contribution in [0.1, 0.15) is 23.8 Å². The molecule has 0 unspecified atom stereocenters. The summed E-state index contributed by atoms with van der Waals surface area (Å²) in [6.45, 7) is 1.15. The number of alkyl halides is 3. The van der Waals surface area contributed by atoms with Gasteiger partial charge >= 0.3 is 18.2 Å². The van der Waals surface area contributed by atoms with Crippen LogP contribution in [0.15, 0.2) is 10.7 Å². The summed E-state index contributed by atoms with van der Waals surface area (Å²) in [5.74, 6) is -0.720. The van der Waals surface area contributed by atoms with E-state index in [0.29, 0.717) is 0 Å². The lowest BCUT2D eigenvalue weighted by molar-refractivity contribution is -0.140. The topological polar surface area (TPSA) is 61.6 Å². The smallest absolute Gasteiger partial charge is 0.394 e. The molecule has 0 fully saturated rings. The molecule has 0 aliphatic carbocycles. The van der Waals surface area contributed by atoms with Gasteiger partial charge in [0.2, 0.25) is 0 Å². The van der Waals surface area contributed by atoms with Gasteiger partial charge in [-0.1, -0.05) is 0 Å². The van der Waals surface area contributed by atoms with Crippen LogP contribution in [-0.4, -0.2) is 30.3 Å². The number of oxazole rings is 1. The van der Waals surface area contributed by atoms with Crippen LogP contribution < -0.4 is 4.74 Å². The van der Waals surface area contributed by atoms with Gasteiger partial charge in [0.1, 0.15) is 12.9 Å². The first-order chi connectivity index (χ1) is 7.92. The van der Waals surface area contributed by atoms with E-state index in [1.54, 1.807) is 6.92 Å². The van der Waals surface area contributed by atoms with Crippen LogP contribution in [0.3, 0.4) is 0 Å². The lowest BCUT2D eigenvalue weighted by Gasteiger charge is -2.04. The van der Waals surface area contributed by atoms with E-state index in [-0.39, 0.29) is 12.3 Å². The van der Waals surface area contributed by atoms with E-state index < -0.39 is 31.3 Å². The monoisotopic (exact) mass is 253 g/mol. The minimum absolute atomic E-state index is 0.145. The molecule has 17 heavy (non-hydrogen) atoms. The fourth-order valence-corrected chi connectivity index (χ4v) is 0.876. The molecule has 0 amide bonds. The average Bonchev–Trinajstić information content (AvgIpc) is 2.65. The number of carbonyl (C=O) groups is 1. The van der Waals surface area contributed by atoms with Crippen molar-refractivity contribution in [2.24, 2.45) is 0 Å². The van der Waals surface area contributed by atoms with Crippen molar-refractivity contribution in [2.75, 3.05) is 13.2 Å². The van der Waals surface area contributed by atoms with Crippen LogP contribution in [0.2, 0.25) is 0 Å². The van der Waals surface area contributed by atoms with E-state index in [2.05, 4.69) is 18.9 Å². The highest BCUT2D eigenvalue weighted by molar-refractivity contribution is 5.86. The summed E-state index contributed by atoms with van der Waals surface area (Å²) in [6, 6.07) is 0. The van der Waals surface area contributed by atoms with Crippen LogP contribution in [0.25, 0.3) is 0 Å². The average molecular weight is 253 g/mol. The van der Waals surface area contributed by atoms with Gasteiger partial charge in [0.15, 0.2) is 5.69 Å². The molecule has 1 aromatic heterocycles. The number of hydrogen-bond donors (Lipinski definition) is 0. The molecule has 0 saturated carbocycles. The Bertz CT molecular complexity index is 375. The van der Waals surface area contributed by atoms with E-state index in [4.69, 9.17) is 0 Å². The predicted octanol–water partition coefficient (Wildman–Crippen LogP) is 2.18. The molecule has 1 aromatic rings. The van der Waals surface area contributed by atoms with E-state index >= 15 is 0 Å². The largest absolute Gasteiger partial charge is 0.461 e. The molecule has 1 rings (SSSR count). The Morgan fingerprint density at radius 1 is 1.53 bits per heavy atom. The van der Waals surface area contributed by atoms with Crippen LogP contribution in [0, 0.1) is 0 Å². The summed E-state index contributed by atoms with van der Waals surface area (Å²) in [4.78, 5) is 14.6. The number of nitrogens with zero attached hydrogens (tertiary/aromatic N) is 1. The molecule has 0 aliphatic heterocycles. The predicted molar refractivity (Wildman–Crippen MR) is 48.6 cm³/mol. The third-order valence-electron chi connectivity index (χ3n) is 1.58. The SMILES string of the molecule is CCOC(=O)c1coc(OCCC(F)(F)F)n1. The van der Waals surface area contributed by atoms with E-state index in [9.17, 15) is 18.0 Å².